The molecule has 29 heavy (non-hydrogen) atoms. The minimum atomic E-state index is 0.590. The Morgan fingerprint density at radius 3 is 2.28 bits per heavy atom. The fourth-order valence-electron chi connectivity index (χ4n) is 3.10. The highest BCUT2D eigenvalue weighted by Crippen LogP contribution is 2.31. The lowest BCUT2D eigenvalue weighted by molar-refractivity contribution is 0.983. The Balaban J connectivity index is 0.000000627. The lowest BCUT2D eigenvalue weighted by atomic mass is 9.88. The molecule has 3 heteroatoms. The Labute approximate surface area is 182 Å². The van der Waals surface area contributed by atoms with Crippen molar-refractivity contribution < 1.29 is 0 Å². The molecule has 0 atom stereocenters. The third-order valence-corrected chi connectivity index (χ3v) is 4.70. The first-order valence-corrected chi connectivity index (χ1v) is 10.8. The molecule has 0 saturated carbocycles. The number of benzene rings is 1. The van der Waals surface area contributed by atoms with Gasteiger partial charge in [0, 0.05) is 21.9 Å². The van der Waals surface area contributed by atoms with Crippen molar-refractivity contribution in [2.24, 2.45) is 4.99 Å². The number of aryl methyl sites for hydroxylation is 1. The predicted molar refractivity (Wildman–Crippen MR) is 132 cm³/mol. The molecular formula is C26H35ClN2. The van der Waals surface area contributed by atoms with Crippen LogP contribution in [0.3, 0.4) is 0 Å². The van der Waals surface area contributed by atoms with Crippen LogP contribution in [0.25, 0.3) is 5.57 Å². The summed E-state index contributed by atoms with van der Waals surface area (Å²) in [6, 6.07) is 6.53. The number of halogens is 1. The molecule has 0 amide bonds. The van der Waals surface area contributed by atoms with E-state index in [1.807, 2.05) is 40.7 Å². The number of aliphatic imine (C=N–C) groups is 1. The summed E-state index contributed by atoms with van der Waals surface area (Å²) in [5, 5.41) is 8.99. The zero-order valence-corrected chi connectivity index (χ0v) is 19.6. The molecule has 0 unspecified atom stereocenters. The van der Waals surface area contributed by atoms with E-state index in [2.05, 4.69) is 43.9 Å². The smallest absolute Gasteiger partial charge is 0.0688 e. The van der Waals surface area contributed by atoms with Crippen LogP contribution in [0.15, 0.2) is 64.2 Å². The minimum absolute atomic E-state index is 0.590. The minimum Gasteiger partial charge on any atom is -0.305 e. The summed E-state index contributed by atoms with van der Waals surface area (Å²) >= 11 is 6.10. The lowest BCUT2D eigenvalue weighted by Crippen LogP contribution is -2.11. The molecule has 3 rings (SSSR count). The summed E-state index contributed by atoms with van der Waals surface area (Å²) in [4.78, 5) is 4.82. The fraction of sp³-hybridized carbons (Fsp3) is 0.385. The van der Waals surface area contributed by atoms with Gasteiger partial charge >= 0.3 is 0 Å². The van der Waals surface area contributed by atoms with Crippen LogP contribution >= 0.6 is 11.6 Å². The summed E-state index contributed by atoms with van der Waals surface area (Å²) < 4.78 is 0. The van der Waals surface area contributed by atoms with E-state index < -0.39 is 0 Å². The highest BCUT2D eigenvalue weighted by molar-refractivity contribution is 6.30. The van der Waals surface area contributed by atoms with Gasteiger partial charge in [0.15, 0.2) is 0 Å². The van der Waals surface area contributed by atoms with Crippen LogP contribution in [0, 0.1) is 5.41 Å². The van der Waals surface area contributed by atoms with Crippen molar-refractivity contribution in [1.82, 2.24) is 0 Å². The first-order valence-electron chi connectivity index (χ1n) is 10.4. The Morgan fingerprint density at radius 2 is 1.76 bits per heavy atom. The van der Waals surface area contributed by atoms with Crippen molar-refractivity contribution in [3.05, 3.63) is 75.9 Å². The second kappa shape index (κ2) is 12.4. The maximum atomic E-state index is 8.09. The van der Waals surface area contributed by atoms with Crippen LogP contribution in [0.4, 0.5) is 0 Å². The molecule has 1 aromatic rings. The first kappa shape index (κ1) is 24.8. The third kappa shape index (κ3) is 7.29. The predicted octanol–water partition coefficient (Wildman–Crippen LogP) is 7.93. The van der Waals surface area contributed by atoms with Crippen molar-refractivity contribution >= 4 is 28.6 Å². The lowest BCUT2D eigenvalue weighted by Gasteiger charge is -2.17. The SMILES string of the molecule is C=C(C)C.CC.CCc1ccc2c(c1)C(C1=CC=C(Cl)CC1)=NCC=C2C(C)=N. The molecule has 1 aliphatic heterocycles. The Morgan fingerprint density at radius 1 is 1.10 bits per heavy atom. The molecule has 1 aliphatic carbocycles. The van der Waals surface area contributed by atoms with Gasteiger partial charge in [-0.2, -0.15) is 0 Å². The van der Waals surface area contributed by atoms with E-state index in [1.54, 1.807) is 0 Å². The number of fused-ring (bicyclic) bond motifs is 1. The van der Waals surface area contributed by atoms with Gasteiger partial charge in [-0.25, -0.2) is 0 Å². The summed E-state index contributed by atoms with van der Waals surface area (Å²) in [7, 11) is 0. The van der Waals surface area contributed by atoms with Crippen LogP contribution < -0.4 is 0 Å². The molecule has 0 fully saturated rings. The van der Waals surface area contributed by atoms with Gasteiger partial charge in [-0.05, 0) is 68.9 Å². The van der Waals surface area contributed by atoms with Crippen molar-refractivity contribution in [2.75, 3.05) is 6.54 Å². The molecule has 0 bridgehead atoms. The quantitative estimate of drug-likeness (QED) is 0.388. The van der Waals surface area contributed by atoms with Gasteiger partial charge in [0.25, 0.3) is 0 Å². The van der Waals surface area contributed by atoms with Crippen LogP contribution in [-0.4, -0.2) is 18.0 Å². The molecule has 0 aromatic heterocycles. The number of hydrogen-bond acceptors (Lipinski definition) is 2. The normalized spacial score (nSPS) is 14.9. The van der Waals surface area contributed by atoms with E-state index >= 15 is 0 Å². The van der Waals surface area contributed by atoms with Gasteiger partial charge in [-0.15, -0.1) is 6.58 Å². The highest BCUT2D eigenvalue weighted by Gasteiger charge is 2.20. The van der Waals surface area contributed by atoms with Crippen LogP contribution in [-0.2, 0) is 6.42 Å². The van der Waals surface area contributed by atoms with E-state index in [0.717, 1.165) is 46.7 Å². The van der Waals surface area contributed by atoms with Crippen molar-refractivity contribution in [3.63, 3.8) is 0 Å². The Hall–Kier alpha value is -2.19. The third-order valence-electron chi connectivity index (χ3n) is 4.39. The molecule has 0 saturated heterocycles. The van der Waals surface area contributed by atoms with Crippen molar-refractivity contribution in [1.29, 1.82) is 5.41 Å². The summed E-state index contributed by atoms with van der Waals surface area (Å²) in [6.45, 7) is 16.1. The number of nitrogens with one attached hydrogen (secondary N) is 1. The van der Waals surface area contributed by atoms with E-state index in [9.17, 15) is 0 Å². The van der Waals surface area contributed by atoms with Crippen molar-refractivity contribution in [2.45, 2.75) is 60.8 Å². The van der Waals surface area contributed by atoms with Gasteiger partial charge in [-0.3, -0.25) is 4.99 Å². The second-order valence-corrected chi connectivity index (χ2v) is 7.66. The van der Waals surface area contributed by atoms with Crippen LogP contribution in [0.1, 0.15) is 71.1 Å². The number of allylic oxidation sites excluding steroid dienone is 6. The van der Waals surface area contributed by atoms with E-state index in [1.165, 1.54) is 16.7 Å². The topological polar surface area (TPSA) is 36.2 Å². The molecule has 2 nitrogen and oxygen atoms in total. The molecule has 156 valence electrons. The standard InChI is InChI=1S/C20H21ClN2.C4H8.C2H6/c1-3-14-4-9-18-17(13(2)22)10-11-23-20(19(18)12-14)15-5-7-16(21)8-6-15;1-4(2)3;1-2/h4-5,7,9-10,12,22H,3,6,8,11H2,1-2H3;1H2,2-3H3;1-2H3. The number of hydrogen-bond donors (Lipinski definition) is 1. The van der Waals surface area contributed by atoms with Gasteiger partial charge in [0.2, 0.25) is 0 Å². The summed E-state index contributed by atoms with van der Waals surface area (Å²) in [5.74, 6) is 0. The zero-order valence-electron chi connectivity index (χ0n) is 18.8. The van der Waals surface area contributed by atoms with E-state index in [4.69, 9.17) is 22.0 Å². The van der Waals surface area contributed by atoms with Gasteiger partial charge < -0.3 is 5.41 Å². The van der Waals surface area contributed by atoms with Crippen molar-refractivity contribution in [3.8, 4) is 0 Å². The molecule has 1 heterocycles. The Kier molecular flexibility index (Phi) is 10.6. The maximum Gasteiger partial charge on any atom is 0.0688 e. The second-order valence-electron chi connectivity index (χ2n) is 7.18. The van der Waals surface area contributed by atoms with E-state index in [0.29, 0.717) is 12.3 Å². The van der Waals surface area contributed by atoms with Gasteiger partial charge in [-0.1, -0.05) is 62.2 Å². The fourth-order valence-corrected chi connectivity index (χ4v) is 3.26. The molecular weight excluding hydrogens is 376 g/mol. The highest BCUT2D eigenvalue weighted by atomic mass is 35.5. The van der Waals surface area contributed by atoms with E-state index in [-0.39, 0.29) is 0 Å². The first-order chi connectivity index (χ1) is 13.8. The Bertz CT molecular complexity index is 863. The average Bonchev–Trinajstić information content (AvgIpc) is 2.89. The monoisotopic (exact) mass is 410 g/mol. The largest absolute Gasteiger partial charge is 0.305 e. The van der Waals surface area contributed by atoms with Gasteiger partial charge in [0.1, 0.15) is 0 Å². The molecule has 1 aromatic carbocycles. The van der Waals surface area contributed by atoms with Crippen LogP contribution in [0.5, 0.6) is 0 Å². The average molecular weight is 411 g/mol. The molecule has 2 aliphatic rings. The number of rotatable bonds is 3. The molecule has 1 N–H and O–H groups in total. The maximum absolute atomic E-state index is 8.09. The molecule has 0 radical (unpaired) electrons. The van der Waals surface area contributed by atoms with Gasteiger partial charge in [0.05, 0.1) is 12.3 Å². The summed E-state index contributed by atoms with van der Waals surface area (Å²) in [5.41, 5.74) is 8.61. The molecule has 0 spiro atoms. The van der Waals surface area contributed by atoms with Crippen LogP contribution in [0.2, 0.25) is 0 Å². The number of nitrogens with zero attached hydrogens (tertiary/aromatic N) is 1. The summed E-state index contributed by atoms with van der Waals surface area (Å²) in [6.07, 6.45) is 8.92. The zero-order chi connectivity index (χ0) is 22.0.